The summed E-state index contributed by atoms with van der Waals surface area (Å²) >= 11 is 0. The minimum Gasteiger partial charge on any atom is -0.353 e. The zero-order valence-corrected chi connectivity index (χ0v) is 14.7. The molecule has 1 aromatic carbocycles. The molecule has 25 heavy (non-hydrogen) atoms. The highest BCUT2D eigenvalue weighted by atomic mass is 16.2. The number of primary amides is 1. The van der Waals surface area contributed by atoms with E-state index in [1.165, 1.54) is 5.56 Å². The lowest BCUT2D eigenvalue weighted by Gasteiger charge is -2.35. The van der Waals surface area contributed by atoms with Gasteiger partial charge in [0.25, 0.3) is 0 Å². The quantitative estimate of drug-likeness (QED) is 0.870. The highest BCUT2D eigenvalue weighted by Crippen LogP contribution is 2.18. The van der Waals surface area contributed by atoms with E-state index >= 15 is 0 Å². The Bertz CT molecular complexity index is 584. The molecule has 6 nitrogen and oxygen atoms in total. The van der Waals surface area contributed by atoms with Gasteiger partial charge in [-0.05, 0) is 31.2 Å². The lowest BCUT2D eigenvalue weighted by Crippen LogP contribution is -2.50. The number of likely N-dealkylation sites (tertiary alicyclic amines) is 2. The third-order valence-electron chi connectivity index (χ3n) is 5.29. The van der Waals surface area contributed by atoms with Crippen LogP contribution in [0.4, 0.5) is 4.79 Å². The smallest absolute Gasteiger partial charge is 0.314 e. The standard InChI is InChI=1S/C19H28N4O2/c20-19(25)23-10-4-7-16(14-23)18(24)21-17-8-11-22(12-9-17)13-15-5-2-1-3-6-15/h1-3,5-6,16-17H,4,7-14H2,(H2,20,25)(H,21,24)/t16-/m0/s1. The SMILES string of the molecule is NC(=O)N1CCC[C@H](C(=O)NC2CCN(Cc3ccccc3)CC2)C1. The van der Waals surface area contributed by atoms with Crippen LogP contribution in [0.25, 0.3) is 0 Å². The second-order valence-electron chi connectivity index (χ2n) is 7.17. The maximum absolute atomic E-state index is 12.5. The molecule has 2 aliphatic rings. The third-order valence-corrected chi connectivity index (χ3v) is 5.29. The molecule has 0 spiro atoms. The van der Waals surface area contributed by atoms with Gasteiger partial charge in [-0.1, -0.05) is 30.3 Å². The molecule has 3 N–H and O–H groups in total. The largest absolute Gasteiger partial charge is 0.353 e. The summed E-state index contributed by atoms with van der Waals surface area (Å²) in [6.45, 7) is 4.08. The number of carbonyl (C=O) groups is 2. The predicted octanol–water partition coefficient (Wildman–Crippen LogP) is 1.56. The van der Waals surface area contributed by atoms with Crippen LogP contribution in [0.3, 0.4) is 0 Å². The zero-order chi connectivity index (χ0) is 17.6. The summed E-state index contributed by atoms with van der Waals surface area (Å²) in [5.74, 6) is -0.0453. The van der Waals surface area contributed by atoms with E-state index in [1.54, 1.807) is 4.90 Å². The molecule has 136 valence electrons. The Morgan fingerprint density at radius 3 is 2.48 bits per heavy atom. The Labute approximate surface area is 149 Å². The first-order valence-corrected chi connectivity index (χ1v) is 9.23. The molecule has 1 atom stereocenters. The Balaban J connectivity index is 1.42. The molecule has 6 heteroatoms. The predicted molar refractivity (Wildman–Crippen MR) is 96.8 cm³/mol. The number of carbonyl (C=O) groups excluding carboxylic acids is 2. The van der Waals surface area contributed by atoms with Gasteiger partial charge in [0.15, 0.2) is 0 Å². The van der Waals surface area contributed by atoms with E-state index in [0.717, 1.165) is 45.3 Å². The molecule has 0 bridgehead atoms. The number of rotatable bonds is 4. The lowest BCUT2D eigenvalue weighted by atomic mass is 9.96. The molecule has 2 heterocycles. The molecule has 3 amide bonds. The van der Waals surface area contributed by atoms with Crippen molar-refractivity contribution in [1.82, 2.24) is 15.1 Å². The Kier molecular flexibility index (Phi) is 5.91. The summed E-state index contributed by atoms with van der Waals surface area (Å²) in [7, 11) is 0. The summed E-state index contributed by atoms with van der Waals surface area (Å²) in [6.07, 6.45) is 3.63. The van der Waals surface area contributed by atoms with Gasteiger partial charge in [0.2, 0.25) is 5.91 Å². The maximum atomic E-state index is 12.5. The van der Waals surface area contributed by atoms with Gasteiger partial charge in [-0.25, -0.2) is 4.79 Å². The fourth-order valence-corrected chi connectivity index (χ4v) is 3.79. The van der Waals surface area contributed by atoms with Crippen LogP contribution in [-0.4, -0.2) is 54.0 Å². The van der Waals surface area contributed by atoms with Crippen molar-refractivity contribution in [2.24, 2.45) is 11.7 Å². The molecule has 1 aromatic rings. The Morgan fingerprint density at radius 1 is 1.08 bits per heavy atom. The van der Waals surface area contributed by atoms with E-state index in [2.05, 4.69) is 34.5 Å². The molecule has 0 saturated carbocycles. The second kappa shape index (κ2) is 8.34. The maximum Gasteiger partial charge on any atom is 0.314 e. The van der Waals surface area contributed by atoms with Gasteiger partial charge in [0.05, 0.1) is 5.92 Å². The molecular weight excluding hydrogens is 316 g/mol. The van der Waals surface area contributed by atoms with Crippen molar-refractivity contribution in [1.29, 1.82) is 0 Å². The van der Waals surface area contributed by atoms with Crippen LogP contribution < -0.4 is 11.1 Å². The summed E-state index contributed by atoms with van der Waals surface area (Å²) < 4.78 is 0. The number of hydrogen-bond acceptors (Lipinski definition) is 3. The van der Waals surface area contributed by atoms with E-state index in [9.17, 15) is 9.59 Å². The van der Waals surface area contributed by atoms with Gasteiger partial charge in [-0.3, -0.25) is 9.69 Å². The van der Waals surface area contributed by atoms with Crippen molar-refractivity contribution in [3.05, 3.63) is 35.9 Å². The van der Waals surface area contributed by atoms with E-state index < -0.39 is 6.03 Å². The number of urea groups is 1. The second-order valence-corrected chi connectivity index (χ2v) is 7.17. The average molecular weight is 344 g/mol. The van der Waals surface area contributed by atoms with Crippen LogP contribution in [0.5, 0.6) is 0 Å². The van der Waals surface area contributed by atoms with Gasteiger partial charge < -0.3 is 16.0 Å². The highest BCUT2D eigenvalue weighted by Gasteiger charge is 2.29. The molecule has 0 unspecified atom stereocenters. The number of hydrogen-bond donors (Lipinski definition) is 2. The molecule has 0 radical (unpaired) electrons. The van der Waals surface area contributed by atoms with Crippen LogP contribution in [0.1, 0.15) is 31.2 Å². The first kappa shape index (κ1) is 17.7. The van der Waals surface area contributed by atoms with Crippen LogP contribution >= 0.6 is 0 Å². The minimum absolute atomic E-state index is 0.0764. The van der Waals surface area contributed by atoms with E-state index in [4.69, 9.17) is 5.73 Å². The number of nitrogens with two attached hydrogens (primary N) is 1. The minimum atomic E-state index is -0.424. The molecule has 3 rings (SSSR count). The number of benzene rings is 1. The van der Waals surface area contributed by atoms with Gasteiger partial charge in [-0.15, -0.1) is 0 Å². The Hall–Kier alpha value is -2.08. The Morgan fingerprint density at radius 2 is 1.80 bits per heavy atom. The summed E-state index contributed by atoms with van der Waals surface area (Å²) in [5, 5.41) is 3.19. The summed E-state index contributed by atoms with van der Waals surface area (Å²) in [4.78, 5) is 27.8. The summed E-state index contributed by atoms with van der Waals surface area (Å²) in [5.41, 5.74) is 6.67. The normalized spacial score (nSPS) is 22.6. The van der Waals surface area contributed by atoms with E-state index in [1.807, 2.05) is 6.07 Å². The first-order chi connectivity index (χ1) is 12.1. The number of nitrogens with zero attached hydrogens (tertiary/aromatic N) is 2. The van der Waals surface area contributed by atoms with Crippen molar-refractivity contribution >= 4 is 11.9 Å². The van der Waals surface area contributed by atoms with Gasteiger partial charge in [0, 0.05) is 38.8 Å². The molecule has 2 aliphatic heterocycles. The third kappa shape index (κ3) is 4.95. The summed E-state index contributed by atoms with van der Waals surface area (Å²) in [6, 6.07) is 10.3. The number of amides is 3. The molecular formula is C19H28N4O2. The topological polar surface area (TPSA) is 78.7 Å². The van der Waals surface area contributed by atoms with E-state index in [-0.39, 0.29) is 17.9 Å². The zero-order valence-electron chi connectivity index (χ0n) is 14.7. The number of piperidine rings is 2. The van der Waals surface area contributed by atoms with Gasteiger partial charge >= 0.3 is 6.03 Å². The van der Waals surface area contributed by atoms with E-state index in [0.29, 0.717) is 13.1 Å². The highest BCUT2D eigenvalue weighted by molar-refractivity contribution is 5.80. The van der Waals surface area contributed by atoms with Gasteiger partial charge in [0.1, 0.15) is 0 Å². The fourth-order valence-electron chi connectivity index (χ4n) is 3.79. The first-order valence-electron chi connectivity index (χ1n) is 9.23. The molecule has 0 aromatic heterocycles. The molecule has 2 saturated heterocycles. The average Bonchev–Trinajstić information content (AvgIpc) is 2.64. The van der Waals surface area contributed by atoms with Crippen LogP contribution in [0, 0.1) is 5.92 Å². The molecule has 0 aliphatic carbocycles. The van der Waals surface area contributed by atoms with Crippen molar-refractivity contribution < 1.29 is 9.59 Å². The molecule has 2 fully saturated rings. The van der Waals surface area contributed by atoms with Crippen molar-refractivity contribution in [2.45, 2.75) is 38.3 Å². The monoisotopic (exact) mass is 344 g/mol. The van der Waals surface area contributed by atoms with Gasteiger partial charge in [-0.2, -0.15) is 0 Å². The van der Waals surface area contributed by atoms with Crippen LogP contribution in [-0.2, 0) is 11.3 Å². The van der Waals surface area contributed by atoms with Crippen molar-refractivity contribution in [2.75, 3.05) is 26.2 Å². The fraction of sp³-hybridized carbons (Fsp3) is 0.579. The van der Waals surface area contributed by atoms with Crippen LogP contribution in [0.15, 0.2) is 30.3 Å². The lowest BCUT2D eigenvalue weighted by molar-refractivity contribution is -0.127. The van der Waals surface area contributed by atoms with Crippen LogP contribution in [0.2, 0.25) is 0 Å². The van der Waals surface area contributed by atoms with Crippen molar-refractivity contribution in [3.63, 3.8) is 0 Å². The number of nitrogens with one attached hydrogen (secondary N) is 1. The van der Waals surface area contributed by atoms with Crippen molar-refractivity contribution in [3.8, 4) is 0 Å².